The summed E-state index contributed by atoms with van der Waals surface area (Å²) in [5.74, 6) is 1.50. The second-order valence-electron chi connectivity index (χ2n) is 10.1. The fourth-order valence-electron chi connectivity index (χ4n) is 5.04. The molecule has 11 nitrogen and oxygen atoms in total. The molecule has 4 aromatic carbocycles. The number of rotatable bonds is 9. The summed E-state index contributed by atoms with van der Waals surface area (Å²) in [7, 11) is 1.56. The Hall–Kier alpha value is -5.97. The lowest BCUT2D eigenvalue weighted by Crippen LogP contribution is -2.31. The molecule has 0 fully saturated rings. The second-order valence-corrected chi connectivity index (χ2v) is 10.1. The predicted octanol–water partition coefficient (Wildman–Crippen LogP) is 6.37. The van der Waals surface area contributed by atoms with Gasteiger partial charge in [-0.05, 0) is 54.4 Å². The Morgan fingerprint density at radius 2 is 1.68 bits per heavy atom. The van der Waals surface area contributed by atoms with Crippen molar-refractivity contribution >= 4 is 23.2 Å². The van der Waals surface area contributed by atoms with Gasteiger partial charge in [-0.3, -0.25) is 14.9 Å². The van der Waals surface area contributed by atoms with Crippen LogP contribution in [-0.2, 0) is 11.4 Å². The van der Waals surface area contributed by atoms with E-state index >= 15 is 0 Å². The minimum atomic E-state index is -0.689. The molecule has 1 unspecified atom stereocenters. The van der Waals surface area contributed by atoms with Crippen molar-refractivity contribution in [3.63, 3.8) is 0 Å². The predicted molar refractivity (Wildman–Crippen MR) is 165 cm³/mol. The Kier molecular flexibility index (Phi) is 7.75. The van der Waals surface area contributed by atoms with E-state index in [1.54, 1.807) is 23.9 Å². The van der Waals surface area contributed by atoms with Gasteiger partial charge in [-0.2, -0.15) is 4.98 Å². The van der Waals surface area contributed by atoms with E-state index in [1.165, 1.54) is 12.1 Å². The number of benzene rings is 4. The van der Waals surface area contributed by atoms with Crippen molar-refractivity contribution < 1.29 is 19.2 Å². The van der Waals surface area contributed by atoms with Crippen LogP contribution in [0.25, 0.3) is 11.4 Å². The Labute approximate surface area is 252 Å². The number of hydrogen-bond donors (Lipinski definition) is 2. The van der Waals surface area contributed by atoms with Crippen LogP contribution in [0, 0.1) is 10.1 Å². The molecule has 11 heteroatoms. The van der Waals surface area contributed by atoms with Crippen LogP contribution in [0.5, 0.6) is 11.5 Å². The molecular weight excluding hydrogens is 560 g/mol. The number of nitrogens with zero attached hydrogens (tertiary/aromatic N) is 4. The number of ether oxygens (including phenoxy) is 2. The summed E-state index contributed by atoms with van der Waals surface area (Å²) in [5, 5.41) is 22.1. The Balaban J connectivity index is 1.40. The first-order chi connectivity index (χ1) is 21.4. The zero-order valence-corrected chi connectivity index (χ0v) is 23.9. The third-order valence-electron chi connectivity index (χ3n) is 7.21. The number of carbonyl (C=O) groups is 1. The molecule has 1 aliphatic heterocycles. The number of anilines is 2. The van der Waals surface area contributed by atoms with Gasteiger partial charge in [0.2, 0.25) is 5.95 Å². The van der Waals surface area contributed by atoms with Gasteiger partial charge in [-0.25, -0.2) is 4.68 Å². The fourth-order valence-corrected chi connectivity index (χ4v) is 5.04. The molecule has 0 spiro atoms. The van der Waals surface area contributed by atoms with Gasteiger partial charge in [-0.15, -0.1) is 5.10 Å². The number of hydrogen-bond acceptors (Lipinski definition) is 8. The summed E-state index contributed by atoms with van der Waals surface area (Å²) in [5.41, 5.74) is 3.97. The molecule has 220 valence electrons. The summed E-state index contributed by atoms with van der Waals surface area (Å²) in [6.07, 6.45) is 0. The van der Waals surface area contributed by atoms with Gasteiger partial charge in [0.25, 0.3) is 11.6 Å². The highest BCUT2D eigenvalue weighted by Gasteiger charge is 2.35. The molecule has 1 aliphatic rings. The number of fused-ring (bicyclic) bond motifs is 1. The van der Waals surface area contributed by atoms with Crippen LogP contribution in [0.2, 0.25) is 0 Å². The van der Waals surface area contributed by atoms with Crippen LogP contribution < -0.4 is 20.1 Å². The van der Waals surface area contributed by atoms with Crippen molar-refractivity contribution in [3.8, 4) is 22.9 Å². The summed E-state index contributed by atoms with van der Waals surface area (Å²) >= 11 is 0. The number of aromatic nitrogens is 3. The van der Waals surface area contributed by atoms with Crippen molar-refractivity contribution in [1.29, 1.82) is 0 Å². The maximum atomic E-state index is 13.8. The molecule has 0 saturated carbocycles. The molecule has 44 heavy (non-hydrogen) atoms. The Bertz CT molecular complexity index is 1850. The van der Waals surface area contributed by atoms with Crippen LogP contribution >= 0.6 is 0 Å². The van der Waals surface area contributed by atoms with Gasteiger partial charge in [0.15, 0.2) is 17.3 Å². The van der Waals surface area contributed by atoms with Crippen LogP contribution in [-0.4, -0.2) is 32.7 Å². The topological polar surface area (TPSA) is 133 Å². The number of nitro groups is 1. The maximum Gasteiger partial charge on any atom is 0.269 e. The SMILES string of the molecule is COc1cc(C2C(C(=O)Nc3ccccc3)=C(C)Nc3nc(-c4ccc([N+](=O)[O-])cc4)nn32)ccc1OCc1ccccc1. The number of non-ortho nitro benzene ring substituents is 1. The standard InChI is InChI=1S/C33H28N6O5/c1-21-29(32(40)35-25-11-7-4-8-12-25)30(24-15-18-27(28(19-24)43-2)44-20-22-9-5-3-6-10-22)38-33(34-21)36-31(37-38)23-13-16-26(17-14-23)39(41)42/h3-19,30H,20H2,1-2H3,(H,35,40)(H,34,36,37). The number of para-hydroxylation sites is 1. The molecule has 0 saturated heterocycles. The molecule has 0 aliphatic carbocycles. The van der Waals surface area contributed by atoms with E-state index in [0.717, 1.165) is 11.1 Å². The molecule has 2 N–H and O–H groups in total. The third-order valence-corrected chi connectivity index (χ3v) is 7.21. The number of carbonyl (C=O) groups excluding carboxylic acids is 1. The van der Waals surface area contributed by atoms with Crippen molar-refractivity contribution in [3.05, 3.63) is 136 Å². The van der Waals surface area contributed by atoms with E-state index < -0.39 is 11.0 Å². The lowest BCUT2D eigenvalue weighted by molar-refractivity contribution is -0.384. The summed E-state index contributed by atoms with van der Waals surface area (Å²) in [6.45, 7) is 2.17. The number of amides is 1. The molecule has 0 radical (unpaired) electrons. The first kappa shape index (κ1) is 28.2. The zero-order valence-electron chi connectivity index (χ0n) is 23.9. The molecular formula is C33H28N6O5. The van der Waals surface area contributed by atoms with Gasteiger partial charge < -0.3 is 20.1 Å². The van der Waals surface area contributed by atoms with Gasteiger partial charge in [0.1, 0.15) is 12.6 Å². The molecule has 6 rings (SSSR count). The number of nitro benzene ring substituents is 1. The molecule has 1 amide bonds. The lowest BCUT2D eigenvalue weighted by atomic mass is 9.94. The van der Waals surface area contributed by atoms with Crippen molar-refractivity contribution in [1.82, 2.24) is 14.8 Å². The van der Waals surface area contributed by atoms with E-state index in [1.807, 2.05) is 85.8 Å². The Morgan fingerprint density at radius 3 is 2.36 bits per heavy atom. The van der Waals surface area contributed by atoms with Crippen LogP contribution in [0.4, 0.5) is 17.3 Å². The van der Waals surface area contributed by atoms with Gasteiger partial charge >= 0.3 is 0 Å². The first-order valence-corrected chi connectivity index (χ1v) is 13.8. The average molecular weight is 589 g/mol. The lowest BCUT2D eigenvalue weighted by Gasteiger charge is -2.29. The summed E-state index contributed by atoms with van der Waals surface area (Å²) < 4.78 is 13.4. The smallest absolute Gasteiger partial charge is 0.269 e. The van der Waals surface area contributed by atoms with E-state index in [-0.39, 0.29) is 11.6 Å². The normalized spacial score (nSPS) is 13.9. The quantitative estimate of drug-likeness (QED) is 0.150. The van der Waals surface area contributed by atoms with Gasteiger partial charge in [0, 0.05) is 29.1 Å². The van der Waals surface area contributed by atoms with Crippen LogP contribution in [0.15, 0.2) is 114 Å². The van der Waals surface area contributed by atoms with Crippen molar-refractivity contribution in [2.75, 3.05) is 17.7 Å². The van der Waals surface area contributed by atoms with E-state index in [4.69, 9.17) is 14.6 Å². The van der Waals surface area contributed by atoms with Crippen molar-refractivity contribution in [2.45, 2.75) is 19.6 Å². The highest BCUT2D eigenvalue weighted by atomic mass is 16.6. The molecule has 5 aromatic rings. The first-order valence-electron chi connectivity index (χ1n) is 13.8. The average Bonchev–Trinajstić information content (AvgIpc) is 3.47. The highest BCUT2D eigenvalue weighted by molar-refractivity contribution is 6.06. The number of allylic oxidation sites excluding steroid dienone is 1. The van der Waals surface area contributed by atoms with Gasteiger partial charge in [0.05, 0.1) is 17.6 Å². The van der Waals surface area contributed by atoms with Crippen LogP contribution in [0.1, 0.15) is 24.1 Å². The largest absolute Gasteiger partial charge is 0.493 e. The zero-order chi connectivity index (χ0) is 30.6. The minimum Gasteiger partial charge on any atom is -0.493 e. The van der Waals surface area contributed by atoms with E-state index in [2.05, 4.69) is 15.6 Å². The summed E-state index contributed by atoms with van der Waals surface area (Å²) in [4.78, 5) is 29.2. The number of methoxy groups -OCH3 is 1. The molecule has 1 aromatic heterocycles. The number of nitrogens with one attached hydrogen (secondary N) is 2. The highest BCUT2D eigenvalue weighted by Crippen LogP contribution is 2.40. The molecule has 1 atom stereocenters. The fraction of sp³-hybridized carbons (Fsp3) is 0.121. The second kappa shape index (κ2) is 12.1. The van der Waals surface area contributed by atoms with Crippen molar-refractivity contribution in [2.24, 2.45) is 0 Å². The summed E-state index contributed by atoms with van der Waals surface area (Å²) in [6, 6.07) is 29.8. The van der Waals surface area contributed by atoms with Crippen LogP contribution in [0.3, 0.4) is 0 Å². The molecule has 0 bridgehead atoms. The van der Waals surface area contributed by atoms with E-state index in [9.17, 15) is 14.9 Å². The third kappa shape index (κ3) is 5.71. The van der Waals surface area contributed by atoms with E-state index in [0.29, 0.717) is 52.4 Å². The molecule has 2 heterocycles. The Morgan fingerprint density at radius 1 is 0.977 bits per heavy atom. The minimum absolute atomic E-state index is 0.0345. The monoisotopic (exact) mass is 588 g/mol. The maximum absolute atomic E-state index is 13.8. The van der Waals surface area contributed by atoms with Gasteiger partial charge in [-0.1, -0.05) is 54.6 Å².